The Labute approximate surface area is 128 Å². The zero-order valence-corrected chi connectivity index (χ0v) is 12.5. The normalized spacial score (nSPS) is 15.1. The van der Waals surface area contributed by atoms with Crippen LogP contribution in [0.4, 0.5) is 0 Å². The maximum atomic E-state index is 6.17. The topological polar surface area (TPSA) is 29.0 Å². The molecule has 2 heterocycles. The van der Waals surface area contributed by atoms with E-state index in [4.69, 9.17) is 23.2 Å². The van der Waals surface area contributed by atoms with Crippen molar-refractivity contribution in [3.63, 3.8) is 0 Å². The number of fused-ring (bicyclic) bond motifs is 1. The van der Waals surface area contributed by atoms with Gasteiger partial charge in [-0.25, -0.2) is 9.97 Å². The van der Waals surface area contributed by atoms with E-state index in [2.05, 4.69) is 39.1 Å². The van der Waals surface area contributed by atoms with Crippen LogP contribution in [-0.4, -0.2) is 28.0 Å². The molecule has 1 aromatic carbocycles. The van der Waals surface area contributed by atoms with Gasteiger partial charge in [-0.1, -0.05) is 41.9 Å². The number of hydrogen-bond donors (Lipinski definition) is 0. The highest BCUT2D eigenvalue weighted by molar-refractivity contribution is 6.32. The van der Waals surface area contributed by atoms with E-state index in [1.54, 1.807) is 0 Å². The highest BCUT2D eigenvalue weighted by atomic mass is 35.5. The quantitative estimate of drug-likeness (QED) is 0.643. The van der Waals surface area contributed by atoms with E-state index in [9.17, 15) is 0 Å². The van der Waals surface area contributed by atoms with E-state index < -0.39 is 0 Å². The smallest absolute Gasteiger partial charge is 0.224 e. The highest BCUT2D eigenvalue weighted by Crippen LogP contribution is 2.25. The largest absolute Gasteiger partial charge is 0.298 e. The third-order valence-electron chi connectivity index (χ3n) is 3.62. The molecule has 3 rings (SSSR count). The lowest BCUT2D eigenvalue weighted by molar-refractivity contribution is 0.254. The van der Waals surface area contributed by atoms with Crippen LogP contribution in [0.3, 0.4) is 0 Å². The summed E-state index contributed by atoms with van der Waals surface area (Å²) < 4.78 is 0. The maximum absolute atomic E-state index is 6.17. The van der Waals surface area contributed by atoms with Crippen molar-refractivity contribution in [1.29, 1.82) is 0 Å². The van der Waals surface area contributed by atoms with Gasteiger partial charge in [0.05, 0.1) is 5.69 Å². The molecule has 0 fully saturated rings. The van der Waals surface area contributed by atoms with Crippen molar-refractivity contribution in [2.24, 2.45) is 0 Å². The summed E-state index contributed by atoms with van der Waals surface area (Å²) in [5.41, 5.74) is 3.37. The molecule has 0 unspecified atom stereocenters. The van der Waals surface area contributed by atoms with Gasteiger partial charge in [-0.2, -0.15) is 0 Å². The van der Waals surface area contributed by atoms with Crippen LogP contribution in [0.2, 0.25) is 10.4 Å². The molecule has 3 nitrogen and oxygen atoms in total. The lowest BCUT2D eigenvalue weighted by Gasteiger charge is -2.28. The minimum Gasteiger partial charge on any atom is -0.298 e. The Bertz CT molecular complexity index is 602. The average Bonchev–Trinajstić information content (AvgIpc) is 2.46. The number of benzene rings is 1. The van der Waals surface area contributed by atoms with Gasteiger partial charge in [-0.15, -0.1) is 0 Å². The minimum atomic E-state index is 0.242. The van der Waals surface area contributed by atoms with Gasteiger partial charge in [0.1, 0.15) is 5.15 Å². The van der Waals surface area contributed by atoms with E-state index in [-0.39, 0.29) is 5.28 Å². The Hall–Kier alpha value is -1.16. The molecule has 0 atom stereocenters. The van der Waals surface area contributed by atoms with Crippen molar-refractivity contribution in [3.8, 4) is 0 Å². The predicted octanol–water partition coefficient (Wildman–Crippen LogP) is 3.38. The summed E-state index contributed by atoms with van der Waals surface area (Å²) in [6, 6.07) is 10.5. The number of hydrogen-bond acceptors (Lipinski definition) is 3. The van der Waals surface area contributed by atoms with E-state index in [0.29, 0.717) is 5.15 Å². The van der Waals surface area contributed by atoms with Crippen LogP contribution in [0, 0.1) is 0 Å². The fourth-order valence-electron chi connectivity index (χ4n) is 2.52. The standard InChI is InChI=1S/C15H15Cl2N3/c16-14-12-10-20(8-6-11-4-2-1-3-5-11)9-7-13(12)18-15(17)19-14/h1-5H,6-10H2. The van der Waals surface area contributed by atoms with Crippen LogP contribution < -0.4 is 0 Å². The second-order valence-corrected chi connectivity index (χ2v) is 5.67. The zero-order valence-electron chi connectivity index (χ0n) is 11.0. The third-order valence-corrected chi connectivity index (χ3v) is 4.10. The van der Waals surface area contributed by atoms with Crippen molar-refractivity contribution in [2.45, 2.75) is 19.4 Å². The fourth-order valence-corrected chi connectivity index (χ4v) is 3.00. The Morgan fingerprint density at radius 1 is 1.10 bits per heavy atom. The van der Waals surface area contributed by atoms with Gasteiger partial charge in [0.25, 0.3) is 0 Å². The first-order valence-corrected chi connectivity index (χ1v) is 7.45. The second kappa shape index (κ2) is 6.08. The molecule has 1 aliphatic heterocycles. The van der Waals surface area contributed by atoms with Gasteiger partial charge in [0, 0.05) is 31.6 Å². The molecule has 0 aliphatic carbocycles. The Kier molecular flexibility index (Phi) is 4.20. The van der Waals surface area contributed by atoms with E-state index in [1.807, 2.05) is 6.07 Å². The summed E-state index contributed by atoms with van der Waals surface area (Å²) in [5.74, 6) is 0. The monoisotopic (exact) mass is 307 g/mol. The van der Waals surface area contributed by atoms with Gasteiger partial charge in [-0.05, 0) is 23.6 Å². The van der Waals surface area contributed by atoms with Crippen LogP contribution in [0.15, 0.2) is 30.3 Å². The van der Waals surface area contributed by atoms with Crippen LogP contribution in [0.1, 0.15) is 16.8 Å². The molecule has 0 radical (unpaired) electrons. The van der Waals surface area contributed by atoms with E-state index in [1.165, 1.54) is 5.56 Å². The van der Waals surface area contributed by atoms with E-state index >= 15 is 0 Å². The van der Waals surface area contributed by atoms with Crippen LogP contribution in [0.5, 0.6) is 0 Å². The molecule has 2 aromatic rings. The fraction of sp³-hybridized carbons (Fsp3) is 0.333. The van der Waals surface area contributed by atoms with Crippen molar-refractivity contribution in [1.82, 2.24) is 14.9 Å². The molecule has 0 saturated heterocycles. The summed E-state index contributed by atoms with van der Waals surface area (Å²) in [4.78, 5) is 10.7. The molecular weight excluding hydrogens is 293 g/mol. The molecule has 104 valence electrons. The first-order chi connectivity index (χ1) is 9.72. The van der Waals surface area contributed by atoms with Crippen molar-refractivity contribution in [3.05, 3.63) is 57.6 Å². The molecule has 1 aromatic heterocycles. The molecule has 0 N–H and O–H groups in total. The Morgan fingerprint density at radius 3 is 2.70 bits per heavy atom. The Balaban J connectivity index is 1.67. The summed E-state index contributed by atoms with van der Waals surface area (Å²) >= 11 is 12.0. The van der Waals surface area contributed by atoms with Crippen molar-refractivity contribution in [2.75, 3.05) is 13.1 Å². The lowest BCUT2D eigenvalue weighted by atomic mass is 10.1. The molecule has 0 saturated carbocycles. The summed E-state index contributed by atoms with van der Waals surface area (Å²) in [5, 5.41) is 0.732. The maximum Gasteiger partial charge on any atom is 0.224 e. The zero-order chi connectivity index (χ0) is 13.9. The van der Waals surface area contributed by atoms with E-state index in [0.717, 1.165) is 43.7 Å². The summed E-state index contributed by atoms with van der Waals surface area (Å²) in [6.45, 7) is 2.81. The van der Waals surface area contributed by atoms with Crippen molar-refractivity contribution < 1.29 is 0 Å². The van der Waals surface area contributed by atoms with Gasteiger partial charge in [0.2, 0.25) is 5.28 Å². The third kappa shape index (κ3) is 3.11. The first kappa shape index (κ1) is 13.8. The molecule has 0 amide bonds. The minimum absolute atomic E-state index is 0.242. The van der Waals surface area contributed by atoms with Crippen LogP contribution in [-0.2, 0) is 19.4 Å². The van der Waals surface area contributed by atoms with Crippen LogP contribution >= 0.6 is 23.2 Å². The molecule has 20 heavy (non-hydrogen) atoms. The first-order valence-electron chi connectivity index (χ1n) is 6.69. The average molecular weight is 308 g/mol. The number of halogens is 2. The van der Waals surface area contributed by atoms with Gasteiger partial charge in [0.15, 0.2) is 0 Å². The molecule has 0 bridgehead atoms. The number of rotatable bonds is 3. The Morgan fingerprint density at radius 2 is 1.90 bits per heavy atom. The van der Waals surface area contributed by atoms with Gasteiger partial charge >= 0.3 is 0 Å². The summed E-state index contributed by atoms with van der Waals surface area (Å²) in [6.07, 6.45) is 1.92. The predicted molar refractivity (Wildman–Crippen MR) is 81.2 cm³/mol. The lowest BCUT2D eigenvalue weighted by Crippen LogP contribution is -2.33. The molecular formula is C15H15Cl2N3. The molecule has 0 spiro atoms. The van der Waals surface area contributed by atoms with Gasteiger partial charge in [-0.3, -0.25) is 4.90 Å². The SMILES string of the molecule is Clc1nc(Cl)c2c(n1)CCN(CCc1ccccc1)C2. The van der Waals surface area contributed by atoms with Crippen molar-refractivity contribution >= 4 is 23.2 Å². The summed E-state index contributed by atoms with van der Waals surface area (Å²) in [7, 11) is 0. The number of aromatic nitrogens is 2. The molecule has 1 aliphatic rings. The van der Waals surface area contributed by atoms with Crippen LogP contribution in [0.25, 0.3) is 0 Å². The highest BCUT2D eigenvalue weighted by Gasteiger charge is 2.21. The van der Waals surface area contributed by atoms with Gasteiger partial charge < -0.3 is 0 Å². The molecule has 5 heteroatoms. The number of nitrogens with zero attached hydrogens (tertiary/aromatic N) is 3. The second-order valence-electron chi connectivity index (χ2n) is 4.97.